The first-order valence-electron chi connectivity index (χ1n) is 9.12. The molecule has 1 aromatic heterocycles. The lowest BCUT2D eigenvalue weighted by Crippen LogP contribution is -2.19. The summed E-state index contributed by atoms with van der Waals surface area (Å²) >= 11 is 0. The number of aryl methyl sites for hydroxylation is 1. The van der Waals surface area contributed by atoms with Crippen LogP contribution >= 0.6 is 0 Å². The number of benzene rings is 3. The van der Waals surface area contributed by atoms with Crippen LogP contribution in [0.3, 0.4) is 0 Å². The van der Waals surface area contributed by atoms with Crippen molar-refractivity contribution in [3.63, 3.8) is 0 Å². The average molecular weight is 432 g/mol. The molecule has 0 aliphatic heterocycles. The zero-order valence-electron chi connectivity index (χ0n) is 15.9. The van der Waals surface area contributed by atoms with E-state index in [9.17, 15) is 26.7 Å². The Hall–Kier alpha value is -3.75. The van der Waals surface area contributed by atoms with Crippen molar-refractivity contribution in [1.29, 1.82) is 0 Å². The maximum absolute atomic E-state index is 13.9. The summed E-state index contributed by atoms with van der Waals surface area (Å²) in [7, 11) is 0. The first kappa shape index (κ1) is 20.5. The van der Waals surface area contributed by atoms with Gasteiger partial charge >= 0.3 is 0 Å². The number of amides is 1. The molecule has 0 spiro atoms. The maximum Gasteiger partial charge on any atom is 0.261 e. The summed E-state index contributed by atoms with van der Waals surface area (Å²) in [6.45, 7) is 2.00. The standard InChI is InChI=1S/C22H13F5N2O2/c1-2-10-6-7-14-13(8-10)29-22(31-14)11-4-3-5-12(9-11)28-21(30)15-16(23)18(25)20(27)19(26)17(15)24/h3-9H,2H2,1H3,(H,28,30). The second-order valence-corrected chi connectivity index (χ2v) is 6.65. The predicted molar refractivity (Wildman–Crippen MR) is 103 cm³/mol. The van der Waals surface area contributed by atoms with Gasteiger partial charge in [-0.15, -0.1) is 0 Å². The molecule has 1 N–H and O–H groups in total. The van der Waals surface area contributed by atoms with Crippen LogP contribution in [0, 0.1) is 29.1 Å². The molecular formula is C22H13F5N2O2. The quantitative estimate of drug-likeness (QED) is 0.244. The molecule has 4 aromatic rings. The van der Waals surface area contributed by atoms with E-state index >= 15 is 0 Å². The SMILES string of the molecule is CCc1ccc2oc(-c3cccc(NC(=O)c4c(F)c(F)c(F)c(F)c4F)c3)nc2c1. The number of oxazole rings is 1. The fraction of sp³-hybridized carbons (Fsp3) is 0.0909. The fourth-order valence-electron chi connectivity index (χ4n) is 3.04. The number of hydrogen-bond acceptors (Lipinski definition) is 3. The normalized spacial score (nSPS) is 11.2. The number of nitrogens with zero attached hydrogens (tertiary/aromatic N) is 1. The molecule has 0 aliphatic rings. The van der Waals surface area contributed by atoms with Gasteiger partial charge in [0.2, 0.25) is 11.7 Å². The van der Waals surface area contributed by atoms with E-state index in [-0.39, 0.29) is 11.6 Å². The van der Waals surface area contributed by atoms with Gasteiger partial charge in [0, 0.05) is 11.3 Å². The molecule has 4 rings (SSSR count). The van der Waals surface area contributed by atoms with Crippen LogP contribution in [0.4, 0.5) is 27.6 Å². The molecule has 0 atom stereocenters. The van der Waals surface area contributed by atoms with Gasteiger partial charge in [-0.2, -0.15) is 0 Å². The molecule has 9 heteroatoms. The van der Waals surface area contributed by atoms with E-state index in [1.54, 1.807) is 12.1 Å². The van der Waals surface area contributed by atoms with Gasteiger partial charge in [0.1, 0.15) is 11.1 Å². The van der Waals surface area contributed by atoms with Crippen molar-refractivity contribution in [3.05, 3.63) is 82.7 Å². The zero-order valence-corrected chi connectivity index (χ0v) is 15.9. The lowest BCUT2D eigenvalue weighted by atomic mass is 10.1. The maximum atomic E-state index is 13.9. The summed E-state index contributed by atoms with van der Waals surface area (Å²) in [6.07, 6.45) is 0.817. The first-order chi connectivity index (χ1) is 14.8. The highest BCUT2D eigenvalue weighted by Crippen LogP contribution is 2.28. The van der Waals surface area contributed by atoms with Crippen molar-refractivity contribution in [2.24, 2.45) is 0 Å². The minimum atomic E-state index is -2.34. The van der Waals surface area contributed by atoms with Crippen LogP contribution in [-0.4, -0.2) is 10.9 Å². The molecule has 0 fully saturated rings. The van der Waals surface area contributed by atoms with Crippen LogP contribution in [-0.2, 0) is 6.42 Å². The number of aromatic nitrogens is 1. The molecule has 1 amide bonds. The van der Waals surface area contributed by atoms with Crippen molar-refractivity contribution in [3.8, 4) is 11.5 Å². The molecule has 0 bridgehead atoms. The number of nitrogens with one attached hydrogen (secondary N) is 1. The van der Waals surface area contributed by atoms with E-state index in [4.69, 9.17) is 4.42 Å². The van der Waals surface area contributed by atoms with Crippen molar-refractivity contribution >= 4 is 22.7 Å². The average Bonchev–Trinajstić information content (AvgIpc) is 3.20. The predicted octanol–water partition coefficient (Wildman–Crippen LogP) is 6.01. The third-order valence-electron chi connectivity index (χ3n) is 4.66. The second kappa shape index (κ2) is 7.82. The van der Waals surface area contributed by atoms with Crippen LogP contribution < -0.4 is 5.32 Å². The highest BCUT2D eigenvalue weighted by atomic mass is 19.2. The van der Waals surface area contributed by atoms with Crippen molar-refractivity contribution in [2.45, 2.75) is 13.3 Å². The number of hydrogen-bond donors (Lipinski definition) is 1. The molecule has 0 unspecified atom stereocenters. The third-order valence-corrected chi connectivity index (χ3v) is 4.66. The third kappa shape index (κ3) is 3.63. The van der Waals surface area contributed by atoms with Crippen molar-refractivity contribution in [1.82, 2.24) is 4.98 Å². The summed E-state index contributed by atoms with van der Waals surface area (Å²) in [5.74, 6) is -12.4. The lowest BCUT2D eigenvalue weighted by Gasteiger charge is -2.09. The Morgan fingerprint density at radius 1 is 0.935 bits per heavy atom. The molecule has 0 aliphatic carbocycles. The summed E-state index contributed by atoms with van der Waals surface area (Å²) in [6, 6.07) is 11.5. The van der Waals surface area contributed by atoms with Gasteiger partial charge in [-0.1, -0.05) is 19.1 Å². The molecule has 3 aromatic carbocycles. The van der Waals surface area contributed by atoms with Crippen LogP contribution in [0.15, 0.2) is 46.9 Å². The molecular weight excluding hydrogens is 419 g/mol. The number of carbonyl (C=O) groups excluding carboxylic acids is 1. The van der Waals surface area contributed by atoms with Crippen LogP contribution in [0.5, 0.6) is 0 Å². The van der Waals surface area contributed by atoms with Crippen LogP contribution in [0.25, 0.3) is 22.6 Å². The van der Waals surface area contributed by atoms with Crippen LogP contribution in [0.1, 0.15) is 22.8 Å². The summed E-state index contributed by atoms with van der Waals surface area (Å²) < 4.78 is 73.4. The highest BCUT2D eigenvalue weighted by Gasteiger charge is 2.29. The van der Waals surface area contributed by atoms with Gasteiger partial charge in [0.15, 0.2) is 28.9 Å². The van der Waals surface area contributed by atoms with E-state index < -0.39 is 40.6 Å². The monoisotopic (exact) mass is 432 g/mol. The van der Waals surface area contributed by atoms with E-state index in [1.807, 2.05) is 19.1 Å². The largest absolute Gasteiger partial charge is 0.436 e. The Bertz CT molecular complexity index is 1300. The van der Waals surface area contributed by atoms with Gasteiger partial charge in [0.05, 0.1) is 0 Å². The number of anilines is 1. The van der Waals surface area contributed by atoms with Gasteiger partial charge in [-0.25, -0.2) is 26.9 Å². The van der Waals surface area contributed by atoms with Gasteiger partial charge in [-0.3, -0.25) is 4.79 Å². The topological polar surface area (TPSA) is 55.1 Å². The Kier molecular flexibility index (Phi) is 5.18. The summed E-state index contributed by atoms with van der Waals surface area (Å²) in [5.41, 5.74) is 1.15. The fourth-order valence-corrected chi connectivity index (χ4v) is 3.04. The Labute approximate surface area is 172 Å². The van der Waals surface area contributed by atoms with E-state index in [1.165, 1.54) is 18.2 Å². The number of halogens is 5. The first-order valence-corrected chi connectivity index (χ1v) is 9.12. The molecule has 0 saturated heterocycles. The molecule has 31 heavy (non-hydrogen) atoms. The van der Waals surface area contributed by atoms with E-state index in [0.717, 1.165) is 12.0 Å². The van der Waals surface area contributed by atoms with Crippen LogP contribution in [0.2, 0.25) is 0 Å². The molecule has 158 valence electrons. The molecule has 0 radical (unpaired) electrons. The number of fused-ring (bicyclic) bond motifs is 1. The zero-order chi connectivity index (χ0) is 22.3. The van der Waals surface area contributed by atoms with E-state index in [2.05, 4.69) is 10.3 Å². The Morgan fingerprint density at radius 2 is 1.61 bits per heavy atom. The summed E-state index contributed by atoms with van der Waals surface area (Å²) in [4.78, 5) is 16.6. The smallest absolute Gasteiger partial charge is 0.261 e. The lowest BCUT2D eigenvalue weighted by molar-refractivity contribution is 0.101. The van der Waals surface area contributed by atoms with Gasteiger partial charge in [-0.05, 0) is 42.3 Å². The van der Waals surface area contributed by atoms with Gasteiger partial charge in [0.25, 0.3) is 5.91 Å². The summed E-state index contributed by atoms with van der Waals surface area (Å²) in [5, 5.41) is 2.13. The number of carbonyl (C=O) groups is 1. The minimum Gasteiger partial charge on any atom is -0.436 e. The van der Waals surface area contributed by atoms with Gasteiger partial charge < -0.3 is 9.73 Å². The Morgan fingerprint density at radius 3 is 2.29 bits per heavy atom. The molecule has 0 saturated carbocycles. The van der Waals surface area contributed by atoms with Crippen molar-refractivity contribution in [2.75, 3.05) is 5.32 Å². The molecule has 4 nitrogen and oxygen atoms in total. The van der Waals surface area contributed by atoms with E-state index in [0.29, 0.717) is 16.7 Å². The molecule has 1 heterocycles. The minimum absolute atomic E-state index is 0.0444. The van der Waals surface area contributed by atoms with Crippen molar-refractivity contribution < 1.29 is 31.2 Å². The highest BCUT2D eigenvalue weighted by molar-refractivity contribution is 6.05. The Balaban J connectivity index is 1.66. The number of rotatable bonds is 4. The second-order valence-electron chi connectivity index (χ2n) is 6.65.